The zero-order chi connectivity index (χ0) is 12.1. The van der Waals surface area contributed by atoms with Crippen molar-refractivity contribution in [3.8, 4) is 0 Å². The Balaban J connectivity index is 3.87. The molecule has 0 heterocycles. The van der Waals surface area contributed by atoms with Gasteiger partial charge in [0.15, 0.2) is 0 Å². The van der Waals surface area contributed by atoms with Gasteiger partial charge in [0.2, 0.25) is 0 Å². The Morgan fingerprint density at radius 3 is 2.13 bits per heavy atom. The minimum atomic E-state index is 0.271. The normalized spacial score (nSPS) is 15.0. The summed E-state index contributed by atoms with van der Waals surface area (Å²) in [6.07, 6.45) is 1.17. The lowest BCUT2D eigenvalue weighted by molar-refractivity contribution is 0.210. The molecular weight excluding hydrogens is 184 g/mol. The second-order valence-electron chi connectivity index (χ2n) is 5.80. The molecule has 0 fully saturated rings. The van der Waals surface area contributed by atoms with Gasteiger partial charge in [0.05, 0.1) is 0 Å². The first-order valence-electron chi connectivity index (χ1n) is 6.23. The van der Waals surface area contributed by atoms with Gasteiger partial charge in [-0.3, -0.25) is 0 Å². The van der Waals surface area contributed by atoms with E-state index in [4.69, 9.17) is 0 Å². The van der Waals surface area contributed by atoms with Crippen molar-refractivity contribution in [3.63, 3.8) is 0 Å². The molecule has 1 unspecified atom stereocenters. The van der Waals surface area contributed by atoms with Gasteiger partial charge in [0, 0.05) is 24.7 Å². The fourth-order valence-electron chi connectivity index (χ4n) is 1.46. The number of nitrogens with one attached hydrogen (secondary N) is 1. The van der Waals surface area contributed by atoms with Gasteiger partial charge in [-0.15, -0.1) is 0 Å². The summed E-state index contributed by atoms with van der Waals surface area (Å²) in [4.78, 5) is 2.43. The van der Waals surface area contributed by atoms with Gasteiger partial charge in [-0.1, -0.05) is 20.8 Å². The van der Waals surface area contributed by atoms with Crippen LogP contribution in [0.1, 0.15) is 48.0 Å². The highest BCUT2D eigenvalue weighted by atomic mass is 15.1. The van der Waals surface area contributed by atoms with Crippen LogP contribution in [-0.2, 0) is 0 Å². The first-order chi connectivity index (χ1) is 6.78. The summed E-state index contributed by atoms with van der Waals surface area (Å²) in [6, 6.07) is 0.609. The minimum absolute atomic E-state index is 0.271. The lowest BCUT2D eigenvalue weighted by Crippen LogP contribution is -2.47. The molecule has 0 aromatic carbocycles. The van der Waals surface area contributed by atoms with E-state index in [0.29, 0.717) is 6.04 Å². The average molecular weight is 214 g/mol. The average Bonchev–Trinajstić information content (AvgIpc) is 2.13. The molecule has 2 nitrogen and oxygen atoms in total. The summed E-state index contributed by atoms with van der Waals surface area (Å²) in [5.74, 6) is 0.747. The Labute approximate surface area is 96.4 Å². The number of rotatable bonds is 7. The van der Waals surface area contributed by atoms with E-state index in [1.54, 1.807) is 0 Å². The van der Waals surface area contributed by atoms with Crippen molar-refractivity contribution < 1.29 is 0 Å². The Kier molecular flexibility index (Phi) is 6.46. The van der Waals surface area contributed by atoms with E-state index in [1.165, 1.54) is 13.0 Å². The maximum Gasteiger partial charge on any atom is 0.0189 e. The molecule has 0 aliphatic rings. The van der Waals surface area contributed by atoms with E-state index in [2.05, 4.69) is 58.8 Å². The summed E-state index contributed by atoms with van der Waals surface area (Å²) in [5, 5.41) is 3.62. The molecule has 0 bridgehead atoms. The summed E-state index contributed by atoms with van der Waals surface area (Å²) in [6.45, 7) is 15.8. The zero-order valence-corrected chi connectivity index (χ0v) is 11.7. The molecule has 0 saturated heterocycles. The minimum Gasteiger partial charge on any atom is -0.310 e. The molecule has 0 aliphatic heterocycles. The van der Waals surface area contributed by atoms with E-state index in [0.717, 1.165) is 12.5 Å². The standard InChI is InChI=1S/C13H30N2/c1-8-13(5,6)14-9-12(4)15(7)10-11(2)3/h11-12,14H,8-10H2,1-7H3. The van der Waals surface area contributed by atoms with Gasteiger partial charge in [-0.25, -0.2) is 0 Å². The highest BCUT2D eigenvalue weighted by Crippen LogP contribution is 2.08. The van der Waals surface area contributed by atoms with Gasteiger partial charge in [0.25, 0.3) is 0 Å². The van der Waals surface area contributed by atoms with Crippen molar-refractivity contribution in [2.75, 3.05) is 20.1 Å². The van der Waals surface area contributed by atoms with Crippen LogP contribution in [0.5, 0.6) is 0 Å². The molecule has 2 heteroatoms. The van der Waals surface area contributed by atoms with E-state index in [-0.39, 0.29) is 5.54 Å². The highest BCUT2D eigenvalue weighted by molar-refractivity contribution is 4.78. The van der Waals surface area contributed by atoms with Crippen LogP contribution < -0.4 is 5.32 Å². The number of hydrogen-bond donors (Lipinski definition) is 1. The van der Waals surface area contributed by atoms with Gasteiger partial charge < -0.3 is 10.2 Å². The molecular formula is C13H30N2. The van der Waals surface area contributed by atoms with Crippen molar-refractivity contribution in [2.24, 2.45) is 5.92 Å². The highest BCUT2D eigenvalue weighted by Gasteiger charge is 2.17. The van der Waals surface area contributed by atoms with Crippen molar-refractivity contribution in [3.05, 3.63) is 0 Å². The van der Waals surface area contributed by atoms with Crippen LogP contribution in [0.3, 0.4) is 0 Å². The van der Waals surface area contributed by atoms with Crippen molar-refractivity contribution in [1.29, 1.82) is 0 Å². The molecule has 0 radical (unpaired) electrons. The fraction of sp³-hybridized carbons (Fsp3) is 1.00. The molecule has 0 aromatic heterocycles. The molecule has 0 saturated carbocycles. The smallest absolute Gasteiger partial charge is 0.0189 e. The van der Waals surface area contributed by atoms with E-state index in [9.17, 15) is 0 Å². The van der Waals surface area contributed by atoms with Gasteiger partial charge in [-0.2, -0.15) is 0 Å². The summed E-state index contributed by atoms with van der Waals surface area (Å²) in [7, 11) is 2.21. The predicted molar refractivity (Wildman–Crippen MR) is 69.3 cm³/mol. The summed E-state index contributed by atoms with van der Waals surface area (Å²) in [5.41, 5.74) is 0.271. The van der Waals surface area contributed by atoms with Gasteiger partial charge in [-0.05, 0) is 40.2 Å². The van der Waals surface area contributed by atoms with Crippen molar-refractivity contribution in [2.45, 2.75) is 59.5 Å². The van der Waals surface area contributed by atoms with Crippen LogP contribution >= 0.6 is 0 Å². The maximum absolute atomic E-state index is 3.62. The lowest BCUT2D eigenvalue weighted by atomic mass is 10.0. The van der Waals surface area contributed by atoms with Crippen LogP contribution in [0.25, 0.3) is 0 Å². The van der Waals surface area contributed by atoms with E-state index < -0.39 is 0 Å². The molecule has 1 atom stereocenters. The number of hydrogen-bond acceptors (Lipinski definition) is 2. The molecule has 0 rings (SSSR count). The lowest BCUT2D eigenvalue weighted by Gasteiger charge is -2.31. The predicted octanol–water partition coefficient (Wildman–Crippen LogP) is 2.74. The Morgan fingerprint density at radius 1 is 1.20 bits per heavy atom. The molecule has 1 N–H and O–H groups in total. The monoisotopic (exact) mass is 214 g/mol. The number of likely N-dealkylation sites (N-methyl/N-ethyl adjacent to an activating group) is 1. The first-order valence-corrected chi connectivity index (χ1v) is 6.23. The maximum atomic E-state index is 3.62. The topological polar surface area (TPSA) is 15.3 Å². The first kappa shape index (κ1) is 14.9. The largest absolute Gasteiger partial charge is 0.310 e. The third kappa shape index (κ3) is 6.91. The van der Waals surface area contributed by atoms with E-state index in [1.807, 2.05) is 0 Å². The second kappa shape index (κ2) is 6.49. The van der Waals surface area contributed by atoms with Crippen molar-refractivity contribution in [1.82, 2.24) is 10.2 Å². The quantitative estimate of drug-likeness (QED) is 0.701. The fourth-order valence-corrected chi connectivity index (χ4v) is 1.46. The Hall–Kier alpha value is -0.0800. The molecule has 0 aliphatic carbocycles. The zero-order valence-electron chi connectivity index (χ0n) is 11.7. The molecule has 0 amide bonds. The Bertz CT molecular complexity index is 164. The molecule has 92 valence electrons. The van der Waals surface area contributed by atoms with E-state index >= 15 is 0 Å². The third-order valence-corrected chi connectivity index (χ3v) is 3.17. The van der Waals surface area contributed by atoms with Crippen LogP contribution in [0.4, 0.5) is 0 Å². The van der Waals surface area contributed by atoms with Gasteiger partial charge >= 0.3 is 0 Å². The molecule has 15 heavy (non-hydrogen) atoms. The van der Waals surface area contributed by atoms with Crippen molar-refractivity contribution >= 4 is 0 Å². The Morgan fingerprint density at radius 2 is 1.73 bits per heavy atom. The molecule has 0 aromatic rings. The SMILES string of the molecule is CCC(C)(C)NCC(C)N(C)CC(C)C. The van der Waals surface area contributed by atoms with Crippen LogP contribution in [0, 0.1) is 5.92 Å². The van der Waals surface area contributed by atoms with Crippen LogP contribution in [0.2, 0.25) is 0 Å². The van der Waals surface area contributed by atoms with Crippen LogP contribution in [-0.4, -0.2) is 36.6 Å². The molecule has 0 spiro atoms. The summed E-state index contributed by atoms with van der Waals surface area (Å²) < 4.78 is 0. The third-order valence-electron chi connectivity index (χ3n) is 3.17. The summed E-state index contributed by atoms with van der Waals surface area (Å²) >= 11 is 0. The van der Waals surface area contributed by atoms with Gasteiger partial charge in [0.1, 0.15) is 0 Å². The second-order valence-corrected chi connectivity index (χ2v) is 5.80. The van der Waals surface area contributed by atoms with Crippen LogP contribution in [0.15, 0.2) is 0 Å². The number of nitrogens with zero attached hydrogens (tertiary/aromatic N) is 1.